The van der Waals surface area contributed by atoms with Gasteiger partial charge in [-0.1, -0.05) is 0 Å². The number of sulfone groups is 1. The topological polar surface area (TPSA) is 101 Å². The number of nitrogens with zero attached hydrogens (tertiary/aromatic N) is 1. The Hall–Kier alpha value is -1.15. The first-order valence-electron chi connectivity index (χ1n) is 7.15. The number of aliphatic carboxylic acids is 1. The Bertz CT molecular complexity index is 509. The minimum atomic E-state index is -3.52. The van der Waals surface area contributed by atoms with Crippen molar-refractivity contribution in [2.45, 2.75) is 37.5 Å². The molecule has 2 heterocycles. The standard InChI is InChI=1S/C13H21NO6S/c1-9-11(4-7-20-9)21(18,19)8-12(15)14-5-2-10(3-6-14)13(16)17/h9-11H,2-8H2,1H3,(H,16,17). The van der Waals surface area contributed by atoms with Gasteiger partial charge in [0.1, 0.15) is 5.75 Å². The highest BCUT2D eigenvalue weighted by molar-refractivity contribution is 7.92. The molecule has 0 spiro atoms. The fourth-order valence-corrected chi connectivity index (χ4v) is 4.79. The lowest BCUT2D eigenvalue weighted by atomic mass is 9.97. The SMILES string of the molecule is CC1OCCC1S(=O)(=O)CC(=O)N1CCC(C(=O)O)CC1. The normalized spacial score (nSPS) is 27.8. The van der Waals surface area contributed by atoms with Crippen LogP contribution in [0, 0.1) is 5.92 Å². The highest BCUT2D eigenvalue weighted by atomic mass is 32.2. The van der Waals surface area contributed by atoms with E-state index in [2.05, 4.69) is 0 Å². The molecule has 0 aromatic heterocycles. The second-order valence-corrected chi connectivity index (χ2v) is 7.92. The van der Waals surface area contributed by atoms with Crippen LogP contribution in [0.2, 0.25) is 0 Å². The maximum atomic E-state index is 12.2. The van der Waals surface area contributed by atoms with E-state index in [0.717, 1.165) is 0 Å². The lowest BCUT2D eigenvalue weighted by Crippen LogP contribution is -2.44. The van der Waals surface area contributed by atoms with Crippen molar-refractivity contribution in [1.29, 1.82) is 0 Å². The molecule has 120 valence electrons. The second-order valence-electron chi connectivity index (χ2n) is 5.70. The summed E-state index contributed by atoms with van der Waals surface area (Å²) in [6, 6.07) is 0. The van der Waals surface area contributed by atoms with Gasteiger partial charge in [-0.05, 0) is 26.2 Å². The van der Waals surface area contributed by atoms with Crippen molar-refractivity contribution in [2.24, 2.45) is 5.92 Å². The number of likely N-dealkylation sites (tertiary alicyclic amines) is 1. The molecule has 2 unspecified atom stereocenters. The molecule has 7 nitrogen and oxygen atoms in total. The molecule has 2 saturated heterocycles. The van der Waals surface area contributed by atoms with E-state index in [9.17, 15) is 18.0 Å². The maximum absolute atomic E-state index is 12.2. The number of piperidine rings is 1. The van der Waals surface area contributed by atoms with E-state index in [-0.39, 0.29) is 6.10 Å². The predicted octanol–water partition coefficient (Wildman–Crippen LogP) is -0.0982. The van der Waals surface area contributed by atoms with Crippen molar-refractivity contribution < 1.29 is 27.9 Å². The maximum Gasteiger partial charge on any atom is 0.306 e. The molecule has 0 aliphatic carbocycles. The van der Waals surface area contributed by atoms with Crippen molar-refractivity contribution in [1.82, 2.24) is 4.90 Å². The number of amides is 1. The molecule has 1 amide bonds. The summed E-state index contributed by atoms with van der Waals surface area (Å²) in [5.74, 6) is -2.23. The van der Waals surface area contributed by atoms with E-state index < -0.39 is 38.6 Å². The van der Waals surface area contributed by atoms with E-state index in [4.69, 9.17) is 9.84 Å². The number of carbonyl (C=O) groups excluding carboxylic acids is 1. The van der Waals surface area contributed by atoms with Gasteiger partial charge in [0.05, 0.1) is 17.3 Å². The van der Waals surface area contributed by atoms with Crippen molar-refractivity contribution >= 4 is 21.7 Å². The molecular weight excluding hydrogens is 298 g/mol. The van der Waals surface area contributed by atoms with Crippen LogP contribution in [0.25, 0.3) is 0 Å². The molecule has 0 aromatic rings. The Morgan fingerprint density at radius 1 is 1.24 bits per heavy atom. The summed E-state index contributed by atoms with van der Waals surface area (Å²) in [5.41, 5.74) is 0. The summed E-state index contributed by atoms with van der Waals surface area (Å²) in [4.78, 5) is 24.4. The number of rotatable bonds is 4. The van der Waals surface area contributed by atoms with Crippen molar-refractivity contribution in [3.05, 3.63) is 0 Å². The minimum absolute atomic E-state index is 0.308. The van der Waals surface area contributed by atoms with Crippen LogP contribution in [0.4, 0.5) is 0 Å². The van der Waals surface area contributed by atoms with Gasteiger partial charge in [0, 0.05) is 19.7 Å². The molecule has 2 rings (SSSR count). The number of carbonyl (C=O) groups is 2. The molecule has 0 radical (unpaired) electrons. The van der Waals surface area contributed by atoms with Gasteiger partial charge in [0.25, 0.3) is 0 Å². The fraction of sp³-hybridized carbons (Fsp3) is 0.846. The highest BCUT2D eigenvalue weighted by Crippen LogP contribution is 2.23. The van der Waals surface area contributed by atoms with Crippen LogP contribution in [-0.2, 0) is 24.2 Å². The van der Waals surface area contributed by atoms with E-state index in [1.54, 1.807) is 6.92 Å². The summed E-state index contributed by atoms with van der Waals surface area (Å²) in [6.07, 6.45) is 0.812. The third-order valence-corrected chi connectivity index (χ3v) is 6.48. The van der Waals surface area contributed by atoms with Crippen molar-refractivity contribution in [2.75, 3.05) is 25.4 Å². The zero-order valence-electron chi connectivity index (χ0n) is 12.0. The lowest BCUT2D eigenvalue weighted by Gasteiger charge is -2.30. The molecule has 0 aromatic carbocycles. The Balaban J connectivity index is 1.91. The smallest absolute Gasteiger partial charge is 0.306 e. The zero-order chi connectivity index (χ0) is 15.6. The fourth-order valence-electron chi connectivity index (χ4n) is 2.93. The largest absolute Gasteiger partial charge is 0.481 e. The first-order chi connectivity index (χ1) is 9.81. The molecule has 21 heavy (non-hydrogen) atoms. The lowest BCUT2D eigenvalue weighted by molar-refractivity contribution is -0.145. The van der Waals surface area contributed by atoms with Crippen LogP contribution in [0.1, 0.15) is 26.2 Å². The van der Waals surface area contributed by atoms with Gasteiger partial charge >= 0.3 is 5.97 Å². The van der Waals surface area contributed by atoms with Gasteiger partial charge in [-0.3, -0.25) is 9.59 Å². The molecule has 2 aliphatic heterocycles. The highest BCUT2D eigenvalue weighted by Gasteiger charge is 2.38. The molecule has 2 aliphatic rings. The predicted molar refractivity (Wildman–Crippen MR) is 74.5 cm³/mol. The van der Waals surface area contributed by atoms with Gasteiger partial charge in [-0.2, -0.15) is 0 Å². The summed E-state index contributed by atoms with van der Waals surface area (Å²) in [5, 5.41) is 8.30. The Morgan fingerprint density at radius 3 is 2.33 bits per heavy atom. The molecular formula is C13H21NO6S. The number of hydrogen-bond donors (Lipinski definition) is 1. The molecule has 1 N–H and O–H groups in total. The summed E-state index contributed by atoms with van der Waals surface area (Å²) >= 11 is 0. The van der Waals surface area contributed by atoms with E-state index >= 15 is 0 Å². The zero-order valence-corrected chi connectivity index (χ0v) is 12.8. The van der Waals surface area contributed by atoms with Gasteiger partial charge in [-0.25, -0.2) is 8.42 Å². The molecule has 2 fully saturated rings. The number of carboxylic acids is 1. The van der Waals surface area contributed by atoms with Gasteiger partial charge in [-0.15, -0.1) is 0 Å². The Kier molecular flexibility index (Phi) is 4.88. The molecule has 0 bridgehead atoms. The van der Waals surface area contributed by atoms with Crippen LogP contribution in [0.15, 0.2) is 0 Å². The van der Waals surface area contributed by atoms with Gasteiger partial charge in [0.2, 0.25) is 5.91 Å². The van der Waals surface area contributed by atoms with E-state index in [0.29, 0.717) is 39.0 Å². The first-order valence-corrected chi connectivity index (χ1v) is 8.86. The summed E-state index contributed by atoms with van der Waals surface area (Å²) in [7, 11) is -3.52. The second kappa shape index (κ2) is 6.31. The van der Waals surface area contributed by atoms with Crippen LogP contribution in [-0.4, -0.2) is 67.1 Å². The Morgan fingerprint density at radius 2 is 1.86 bits per heavy atom. The first kappa shape index (κ1) is 16.2. The summed E-state index contributed by atoms with van der Waals surface area (Å²) < 4.78 is 29.7. The molecule has 0 saturated carbocycles. The third-order valence-electron chi connectivity index (χ3n) is 4.29. The van der Waals surface area contributed by atoms with Crippen LogP contribution in [0.5, 0.6) is 0 Å². The van der Waals surface area contributed by atoms with E-state index in [1.165, 1.54) is 4.90 Å². The van der Waals surface area contributed by atoms with Gasteiger partial charge in [0.15, 0.2) is 9.84 Å². The van der Waals surface area contributed by atoms with Gasteiger partial charge < -0.3 is 14.7 Å². The van der Waals surface area contributed by atoms with Crippen molar-refractivity contribution in [3.63, 3.8) is 0 Å². The average molecular weight is 319 g/mol. The van der Waals surface area contributed by atoms with Crippen LogP contribution >= 0.6 is 0 Å². The number of ether oxygens (including phenoxy) is 1. The van der Waals surface area contributed by atoms with Crippen molar-refractivity contribution in [3.8, 4) is 0 Å². The van der Waals surface area contributed by atoms with Crippen LogP contribution < -0.4 is 0 Å². The third kappa shape index (κ3) is 3.74. The van der Waals surface area contributed by atoms with Crippen LogP contribution in [0.3, 0.4) is 0 Å². The number of hydrogen-bond acceptors (Lipinski definition) is 5. The number of carboxylic acid groups (broad SMARTS) is 1. The quantitative estimate of drug-likeness (QED) is 0.776. The monoisotopic (exact) mass is 319 g/mol. The van der Waals surface area contributed by atoms with E-state index in [1.807, 2.05) is 0 Å². The molecule has 2 atom stereocenters. The Labute approximate surface area is 124 Å². The minimum Gasteiger partial charge on any atom is -0.481 e. The summed E-state index contributed by atoms with van der Waals surface area (Å²) in [6.45, 7) is 2.73. The molecule has 8 heteroatoms. The average Bonchev–Trinajstić information content (AvgIpc) is 2.85.